The first-order chi connectivity index (χ1) is 12.6. The second-order valence-electron chi connectivity index (χ2n) is 5.87. The molecule has 0 radical (unpaired) electrons. The summed E-state index contributed by atoms with van der Waals surface area (Å²) in [6.45, 7) is 2.33. The number of ether oxygens (including phenoxy) is 2. The SMILES string of the molecule is Cc1nn(-c2ccccc2)c(Cl)c1C(=O)NCc1ccc2c(c1)OCO2. The average Bonchev–Trinajstić information content (AvgIpc) is 3.24. The first kappa shape index (κ1) is 16.5. The standard InChI is InChI=1S/C19H16ClN3O3/c1-12-17(18(20)23(22-12)14-5-3-2-4-6-14)19(24)21-10-13-7-8-15-16(9-13)26-11-25-15/h2-9H,10-11H2,1H3,(H,21,24). The number of rotatable bonds is 4. The van der Waals surface area contributed by atoms with E-state index in [1.807, 2.05) is 48.5 Å². The molecule has 0 saturated heterocycles. The van der Waals surface area contributed by atoms with Crippen LogP contribution >= 0.6 is 11.6 Å². The lowest BCUT2D eigenvalue weighted by molar-refractivity contribution is 0.0950. The van der Waals surface area contributed by atoms with Gasteiger partial charge in [-0.05, 0) is 36.8 Å². The van der Waals surface area contributed by atoms with Crippen LogP contribution in [0.4, 0.5) is 0 Å². The molecule has 1 aromatic heterocycles. The summed E-state index contributed by atoms with van der Waals surface area (Å²) in [5.74, 6) is 1.12. The van der Waals surface area contributed by atoms with Gasteiger partial charge in [-0.15, -0.1) is 0 Å². The highest BCUT2D eigenvalue weighted by Gasteiger charge is 2.21. The molecule has 0 fully saturated rings. The van der Waals surface area contributed by atoms with Crippen molar-refractivity contribution >= 4 is 17.5 Å². The van der Waals surface area contributed by atoms with Crippen molar-refractivity contribution in [3.63, 3.8) is 0 Å². The Bertz CT molecular complexity index is 970. The molecule has 1 aliphatic rings. The minimum atomic E-state index is -0.271. The maximum Gasteiger partial charge on any atom is 0.256 e. The van der Waals surface area contributed by atoms with Crippen LogP contribution in [0.5, 0.6) is 11.5 Å². The molecule has 7 heteroatoms. The molecular weight excluding hydrogens is 354 g/mol. The number of aryl methyl sites for hydroxylation is 1. The van der Waals surface area contributed by atoms with Crippen LogP contribution in [0.25, 0.3) is 5.69 Å². The molecule has 4 rings (SSSR count). The maximum absolute atomic E-state index is 12.6. The molecule has 1 amide bonds. The van der Waals surface area contributed by atoms with Gasteiger partial charge >= 0.3 is 0 Å². The number of halogens is 1. The highest BCUT2D eigenvalue weighted by Crippen LogP contribution is 2.32. The summed E-state index contributed by atoms with van der Waals surface area (Å²) < 4.78 is 12.2. The van der Waals surface area contributed by atoms with E-state index < -0.39 is 0 Å². The summed E-state index contributed by atoms with van der Waals surface area (Å²) >= 11 is 6.42. The molecule has 1 N–H and O–H groups in total. The minimum absolute atomic E-state index is 0.221. The number of carbonyl (C=O) groups excluding carboxylic acids is 1. The lowest BCUT2D eigenvalue weighted by Gasteiger charge is -2.07. The van der Waals surface area contributed by atoms with Gasteiger partial charge in [0, 0.05) is 6.54 Å². The Morgan fingerprint density at radius 3 is 2.77 bits per heavy atom. The number of hydrogen-bond acceptors (Lipinski definition) is 4. The highest BCUT2D eigenvalue weighted by molar-refractivity contribution is 6.33. The van der Waals surface area contributed by atoms with Gasteiger partial charge in [0.2, 0.25) is 6.79 Å². The first-order valence-corrected chi connectivity index (χ1v) is 8.48. The second-order valence-corrected chi connectivity index (χ2v) is 6.23. The topological polar surface area (TPSA) is 65.4 Å². The molecule has 132 valence electrons. The van der Waals surface area contributed by atoms with Crippen molar-refractivity contribution in [1.29, 1.82) is 0 Å². The van der Waals surface area contributed by atoms with E-state index in [4.69, 9.17) is 21.1 Å². The van der Waals surface area contributed by atoms with Crippen LogP contribution < -0.4 is 14.8 Å². The molecule has 1 aliphatic heterocycles. The normalized spacial score (nSPS) is 12.2. The number of carbonyl (C=O) groups is 1. The fourth-order valence-corrected chi connectivity index (χ4v) is 3.18. The second kappa shape index (κ2) is 6.72. The van der Waals surface area contributed by atoms with Gasteiger partial charge < -0.3 is 14.8 Å². The van der Waals surface area contributed by atoms with Crippen molar-refractivity contribution in [2.24, 2.45) is 0 Å². The predicted octanol–water partition coefficient (Wildman–Crippen LogP) is 3.49. The average molecular weight is 370 g/mol. The Hall–Kier alpha value is -2.99. The summed E-state index contributed by atoms with van der Waals surface area (Å²) in [6, 6.07) is 15.0. The zero-order chi connectivity index (χ0) is 18.1. The van der Waals surface area contributed by atoms with Gasteiger partial charge in [0.1, 0.15) is 5.15 Å². The van der Waals surface area contributed by atoms with E-state index in [1.54, 1.807) is 11.6 Å². The molecule has 2 heterocycles. The molecule has 0 spiro atoms. The summed E-state index contributed by atoms with van der Waals surface area (Å²) in [5, 5.41) is 7.56. The number of nitrogens with one attached hydrogen (secondary N) is 1. The molecule has 6 nitrogen and oxygen atoms in total. The zero-order valence-electron chi connectivity index (χ0n) is 14.0. The largest absolute Gasteiger partial charge is 0.454 e. The van der Waals surface area contributed by atoms with E-state index in [9.17, 15) is 4.79 Å². The van der Waals surface area contributed by atoms with Crippen molar-refractivity contribution in [1.82, 2.24) is 15.1 Å². The lowest BCUT2D eigenvalue weighted by Crippen LogP contribution is -2.23. The van der Waals surface area contributed by atoms with E-state index in [0.717, 1.165) is 11.3 Å². The molecule has 2 aromatic carbocycles. The predicted molar refractivity (Wildman–Crippen MR) is 97.0 cm³/mol. The number of fused-ring (bicyclic) bond motifs is 1. The van der Waals surface area contributed by atoms with Gasteiger partial charge in [0.05, 0.1) is 16.9 Å². The maximum atomic E-state index is 12.6. The molecule has 0 atom stereocenters. The number of nitrogens with zero attached hydrogens (tertiary/aromatic N) is 2. The summed E-state index contributed by atoms with van der Waals surface area (Å²) in [7, 11) is 0. The van der Waals surface area contributed by atoms with Gasteiger partial charge in [-0.25, -0.2) is 4.68 Å². The lowest BCUT2D eigenvalue weighted by atomic mass is 10.2. The van der Waals surface area contributed by atoms with Crippen molar-refractivity contribution < 1.29 is 14.3 Å². The Balaban J connectivity index is 1.53. The Morgan fingerprint density at radius 1 is 1.19 bits per heavy atom. The summed E-state index contributed by atoms with van der Waals surface area (Å²) in [6.07, 6.45) is 0. The molecule has 0 unspecified atom stereocenters. The van der Waals surface area contributed by atoms with E-state index >= 15 is 0 Å². The highest BCUT2D eigenvalue weighted by atomic mass is 35.5. The fourth-order valence-electron chi connectivity index (χ4n) is 2.82. The molecule has 26 heavy (non-hydrogen) atoms. The van der Waals surface area contributed by atoms with Crippen molar-refractivity contribution in [3.05, 3.63) is 70.5 Å². The fraction of sp³-hybridized carbons (Fsp3) is 0.158. The number of aromatic nitrogens is 2. The van der Waals surface area contributed by atoms with E-state index in [2.05, 4.69) is 10.4 Å². The Morgan fingerprint density at radius 2 is 1.96 bits per heavy atom. The minimum Gasteiger partial charge on any atom is -0.454 e. The third-order valence-electron chi connectivity index (χ3n) is 4.12. The van der Waals surface area contributed by atoms with Gasteiger partial charge in [-0.3, -0.25) is 4.79 Å². The van der Waals surface area contributed by atoms with Crippen molar-refractivity contribution in [3.8, 4) is 17.2 Å². The number of para-hydroxylation sites is 1. The number of benzene rings is 2. The zero-order valence-corrected chi connectivity index (χ0v) is 14.8. The van der Waals surface area contributed by atoms with E-state index in [-0.39, 0.29) is 17.9 Å². The van der Waals surface area contributed by atoms with Gasteiger partial charge in [0.25, 0.3) is 5.91 Å². The number of hydrogen-bond donors (Lipinski definition) is 1. The smallest absolute Gasteiger partial charge is 0.256 e. The third-order valence-corrected chi connectivity index (χ3v) is 4.47. The van der Waals surface area contributed by atoms with Crippen LogP contribution in [0.2, 0.25) is 5.15 Å². The van der Waals surface area contributed by atoms with Gasteiger partial charge in [-0.1, -0.05) is 35.9 Å². The van der Waals surface area contributed by atoms with E-state index in [0.29, 0.717) is 29.3 Å². The molecule has 0 saturated carbocycles. The van der Waals surface area contributed by atoms with Crippen LogP contribution in [0, 0.1) is 6.92 Å². The van der Waals surface area contributed by atoms with Gasteiger partial charge in [-0.2, -0.15) is 5.10 Å². The summed E-state index contributed by atoms with van der Waals surface area (Å²) in [5.41, 5.74) is 2.65. The van der Waals surface area contributed by atoms with Crippen molar-refractivity contribution in [2.45, 2.75) is 13.5 Å². The molecule has 0 aliphatic carbocycles. The quantitative estimate of drug-likeness (QED) is 0.764. The van der Waals surface area contributed by atoms with Crippen LogP contribution in [0.15, 0.2) is 48.5 Å². The van der Waals surface area contributed by atoms with Gasteiger partial charge in [0.15, 0.2) is 11.5 Å². The van der Waals surface area contributed by atoms with Crippen molar-refractivity contribution in [2.75, 3.05) is 6.79 Å². The number of amides is 1. The molecule has 3 aromatic rings. The van der Waals surface area contributed by atoms with Crippen LogP contribution in [0.1, 0.15) is 21.6 Å². The van der Waals surface area contributed by atoms with Crippen LogP contribution in [0.3, 0.4) is 0 Å². The van der Waals surface area contributed by atoms with Crippen LogP contribution in [-0.4, -0.2) is 22.5 Å². The third kappa shape index (κ3) is 2.99. The molecule has 0 bridgehead atoms. The van der Waals surface area contributed by atoms with Crippen LogP contribution in [-0.2, 0) is 6.54 Å². The first-order valence-electron chi connectivity index (χ1n) is 8.11. The Kier molecular flexibility index (Phi) is 4.26. The summed E-state index contributed by atoms with van der Waals surface area (Å²) in [4.78, 5) is 12.6. The molecular formula is C19H16ClN3O3. The monoisotopic (exact) mass is 369 g/mol. The van der Waals surface area contributed by atoms with E-state index in [1.165, 1.54) is 0 Å². The Labute approximate surface area is 155 Å².